The maximum atomic E-state index is 12.6. The number of amides is 2. The fraction of sp³-hybridized carbons (Fsp3) is 0.600. The second kappa shape index (κ2) is 8.48. The van der Waals surface area contributed by atoms with E-state index in [0.717, 1.165) is 18.4 Å². The zero-order chi connectivity index (χ0) is 18.6. The Morgan fingerprint density at radius 3 is 2.24 bits per heavy atom. The minimum atomic E-state index is -0.578. The Balaban J connectivity index is 1.93. The van der Waals surface area contributed by atoms with Crippen LogP contribution in [0.15, 0.2) is 24.3 Å². The predicted molar refractivity (Wildman–Crippen MR) is 99.9 cm³/mol. The normalized spacial score (nSPS) is 15.3. The number of benzene rings is 1. The lowest BCUT2D eigenvalue weighted by Gasteiger charge is -2.24. The van der Waals surface area contributed by atoms with Gasteiger partial charge in [0.15, 0.2) is 0 Å². The lowest BCUT2D eigenvalue weighted by atomic mass is 10.0. The van der Waals surface area contributed by atoms with Crippen molar-refractivity contribution in [2.24, 2.45) is 11.7 Å². The summed E-state index contributed by atoms with van der Waals surface area (Å²) in [6.07, 6.45) is 2.07. The summed E-state index contributed by atoms with van der Waals surface area (Å²) in [5.41, 5.74) is 8.23. The Labute approximate surface area is 151 Å². The highest BCUT2D eigenvalue weighted by Crippen LogP contribution is 2.28. The van der Waals surface area contributed by atoms with Crippen LogP contribution in [0.3, 0.4) is 0 Å². The summed E-state index contributed by atoms with van der Waals surface area (Å²) < 4.78 is 0. The molecular weight excluding hydrogens is 314 g/mol. The maximum absolute atomic E-state index is 12.6. The molecule has 1 fully saturated rings. The summed E-state index contributed by atoms with van der Waals surface area (Å²) in [6.45, 7) is 8.72. The van der Waals surface area contributed by atoms with E-state index in [9.17, 15) is 9.59 Å². The average molecular weight is 345 g/mol. The molecule has 0 saturated heterocycles. The molecule has 1 aromatic carbocycles. The van der Waals surface area contributed by atoms with Gasteiger partial charge in [0.2, 0.25) is 11.8 Å². The lowest BCUT2D eigenvalue weighted by Crippen LogP contribution is -2.48. The fourth-order valence-corrected chi connectivity index (χ4v) is 2.70. The standard InChI is InChI=1S/C20H31N3O2/c1-13(2)16-7-5-15(6-8-16)12-23(17-9-10-17)18(24)11-22-20(25)19(21)14(3)4/h5-8,13-14,17,19H,9-12,21H2,1-4H3,(H,22,25)/t19-/m0/s1. The van der Waals surface area contributed by atoms with E-state index in [1.165, 1.54) is 5.56 Å². The van der Waals surface area contributed by atoms with E-state index in [4.69, 9.17) is 5.73 Å². The van der Waals surface area contributed by atoms with Gasteiger partial charge in [-0.2, -0.15) is 0 Å². The number of nitrogens with two attached hydrogens (primary N) is 1. The van der Waals surface area contributed by atoms with E-state index in [1.54, 1.807) is 0 Å². The van der Waals surface area contributed by atoms with Gasteiger partial charge in [0.05, 0.1) is 12.6 Å². The van der Waals surface area contributed by atoms with Crippen molar-refractivity contribution in [1.82, 2.24) is 10.2 Å². The summed E-state index contributed by atoms with van der Waals surface area (Å²) >= 11 is 0. The van der Waals surface area contributed by atoms with E-state index >= 15 is 0 Å². The van der Waals surface area contributed by atoms with Crippen LogP contribution in [0.5, 0.6) is 0 Å². The molecule has 1 aliphatic rings. The first-order chi connectivity index (χ1) is 11.8. The lowest BCUT2D eigenvalue weighted by molar-refractivity contribution is -0.134. The fourth-order valence-electron chi connectivity index (χ4n) is 2.70. The van der Waals surface area contributed by atoms with E-state index in [1.807, 2.05) is 18.7 Å². The molecule has 5 nitrogen and oxygen atoms in total. The minimum Gasteiger partial charge on any atom is -0.346 e. The van der Waals surface area contributed by atoms with Crippen LogP contribution in [0.25, 0.3) is 0 Å². The van der Waals surface area contributed by atoms with Gasteiger partial charge in [-0.15, -0.1) is 0 Å². The van der Waals surface area contributed by atoms with Crippen molar-refractivity contribution in [3.63, 3.8) is 0 Å². The van der Waals surface area contributed by atoms with E-state index in [0.29, 0.717) is 18.5 Å². The van der Waals surface area contributed by atoms with Gasteiger partial charge in [0.1, 0.15) is 0 Å². The Hall–Kier alpha value is -1.88. The van der Waals surface area contributed by atoms with E-state index in [-0.39, 0.29) is 24.3 Å². The monoisotopic (exact) mass is 345 g/mol. The first kappa shape index (κ1) is 19.4. The van der Waals surface area contributed by atoms with Gasteiger partial charge in [-0.25, -0.2) is 0 Å². The van der Waals surface area contributed by atoms with Crippen LogP contribution in [0.1, 0.15) is 57.6 Å². The number of carbonyl (C=O) groups excluding carboxylic acids is 2. The maximum Gasteiger partial charge on any atom is 0.242 e. The molecule has 3 N–H and O–H groups in total. The molecular formula is C20H31N3O2. The molecule has 1 atom stereocenters. The summed E-state index contributed by atoms with van der Waals surface area (Å²) in [5.74, 6) is 0.241. The minimum absolute atomic E-state index is 0.0137. The molecule has 0 bridgehead atoms. The van der Waals surface area contributed by atoms with E-state index < -0.39 is 6.04 Å². The van der Waals surface area contributed by atoms with Gasteiger partial charge >= 0.3 is 0 Å². The number of hydrogen-bond donors (Lipinski definition) is 2. The van der Waals surface area contributed by atoms with E-state index in [2.05, 4.69) is 43.4 Å². The van der Waals surface area contributed by atoms with Crippen LogP contribution >= 0.6 is 0 Å². The van der Waals surface area contributed by atoms with Crippen molar-refractivity contribution < 1.29 is 9.59 Å². The highest BCUT2D eigenvalue weighted by Gasteiger charge is 2.32. The molecule has 138 valence electrons. The summed E-state index contributed by atoms with van der Waals surface area (Å²) in [7, 11) is 0. The number of carbonyl (C=O) groups is 2. The smallest absolute Gasteiger partial charge is 0.242 e. The molecule has 1 aromatic rings. The molecule has 2 rings (SSSR count). The van der Waals surface area contributed by atoms with Crippen LogP contribution in [0.4, 0.5) is 0 Å². The van der Waals surface area contributed by atoms with Gasteiger partial charge in [-0.3, -0.25) is 9.59 Å². The van der Waals surface area contributed by atoms with Gasteiger partial charge in [0.25, 0.3) is 0 Å². The van der Waals surface area contributed by atoms with Crippen molar-refractivity contribution in [3.05, 3.63) is 35.4 Å². The summed E-state index contributed by atoms with van der Waals surface area (Å²) in [6, 6.07) is 8.15. The summed E-state index contributed by atoms with van der Waals surface area (Å²) in [5, 5.41) is 2.68. The number of hydrogen-bond acceptors (Lipinski definition) is 3. The van der Waals surface area contributed by atoms with Gasteiger partial charge in [-0.05, 0) is 35.8 Å². The molecule has 1 saturated carbocycles. The Kier molecular flexibility index (Phi) is 6.59. The second-order valence-electron chi connectivity index (χ2n) is 7.64. The third-order valence-corrected chi connectivity index (χ3v) is 4.74. The van der Waals surface area contributed by atoms with Crippen molar-refractivity contribution >= 4 is 11.8 Å². The molecule has 0 unspecified atom stereocenters. The Bertz CT molecular complexity index is 591. The third-order valence-electron chi connectivity index (χ3n) is 4.74. The van der Waals surface area contributed by atoms with Crippen molar-refractivity contribution in [2.45, 2.75) is 65.1 Å². The zero-order valence-electron chi connectivity index (χ0n) is 15.8. The SMILES string of the molecule is CC(C)c1ccc(CN(C(=O)CNC(=O)[C@@H](N)C(C)C)C2CC2)cc1. The first-order valence-electron chi connectivity index (χ1n) is 9.21. The first-order valence-corrected chi connectivity index (χ1v) is 9.21. The van der Waals surface area contributed by atoms with Gasteiger partial charge in [-0.1, -0.05) is 52.0 Å². The molecule has 0 spiro atoms. The Morgan fingerprint density at radius 2 is 1.76 bits per heavy atom. The van der Waals surface area contributed by atoms with Gasteiger partial charge < -0.3 is 16.0 Å². The molecule has 0 heterocycles. The molecule has 1 aliphatic carbocycles. The molecule has 0 radical (unpaired) electrons. The third kappa shape index (κ3) is 5.56. The molecule has 0 aliphatic heterocycles. The summed E-state index contributed by atoms with van der Waals surface area (Å²) in [4.78, 5) is 26.4. The highest BCUT2D eigenvalue weighted by molar-refractivity contribution is 5.87. The number of rotatable bonds is 8. The van der Waals surface area contributed by atoms with Crippen molar-refractivity contribution in [3.8, 4) is 0 Å². The van der Waals surface area contributed by atoms with Crippen molar-refractivity contribution in [2.75, 3.05) is 6.54 Å². The number of nitrogens with zero attached hydrogens (tertiary/aromatic N) is 1. The number of nitrogens with one attached hydrogen (secondary N) is 1. The molecule has 25 heavy (non-hydrogen) atoms. The average Bonchev–Trinajstić information content (AvgIpc) is 3.41. The molecule has 2 amide bonds. The van der Waals surface area contributed by atoms with Crippen LogP contribution in [0.2, 0.25) is 0 Å². The van der Waals surface area contributed by atoms with Crippen LogP contribution in [-0.4, -0.2) is 35.3 Å². The predicted octanol–water partition coefficient (Wildman–Crippen LogP) is 2.40. The zero-order valence-corrected chi connectivity index (χ0v) is 15.8. The molecule has 5 heteroatoms. The van der Waals surface area contributed by atoms with Crippen LogP contribution in [0, 0.1) is 5.92 Å². The van der Waals surface area contributed by atoms with Crippen molar-refractivity contribution in [1.29, 1.82) is 0 Å². The van der Waals surface area contributed by atoms with Crippen LogP contribution in [-0.2, 0) is 16.1 Å². The second-order valence-corrected chi connectivity index (χ2v) is 7.64. The quantitative estimate of drug-likeness (QED) is 0.760. The van der Waals surface area contributed by atoms with Gasteiger partial charge in [0, 0.05) is 12.6 Å². The van der Waals surface area contributed by atoms with Crippen LogP contribution < -0.4 is 11.1 Å². The highest BCUT2D eigenvalue weighted by atomic mass is 16.2. The topological polar surface area (TPSA) is 75.4 Å². The Morgan fingerprint density at radius 1 is 1.16 bits per heavy atom. The molecule has 0 aromatic heterocycles. The largest absolute Gasteiger partial charge is 0.346 e.